The monoisotopic (exact) mass is 172 g/mol. The Balaban J connectivity index is 2.79. The molecule has 0 aliphatic carbocycles. The lowest BCUT2D eigenvalue weighted by Crippen LogP contribution is -2.06. The highest BCUT2D eigenvalue weighted by Crippen LogP contribution is 1.81. The summed E-state index contributed by atoms with van der Waals surface area (Å²) in [5, 5.41) is 0. The minimum atomic E-state index is 0.484. The molecular weight excluding hydrogens is 156 g/mol. The normalized spacial score (nSPS) is 11.1. The number of hydrogen-bond acceptors (Lipinski definition) is 2. The molecule has 0 fully saturated rings. The SMILES string of the molecule is C/C=C/[Si]OCCOCCC. The van der Waals surface area contributed by atoms with E-state index in [9.17, 15) is 0 Å². The molecule has 0 bridgehead atoms. The standard InChI is InChI=1S/C8H16O2Si/c1-3-5-9-6-7-10-11-8-4-2/h4,8H,3,5-7H2,1-2H3/b8-4+. The summed E-state index contributed by atoms with van der Waals surface area (Å²) in [6, 6.07) is 0. The molecule has 0 saturated heterocycles. The predicted molar refractivity (Wildman–Crippen MR) is 47.6 cm³/mol. The fourth-order valence-electron chi connectivity index (χ4n) is 0.522. The minimum absolute atomic E-state index is 0.484. The maximum atomic E-state index is 5.24. The topological polar surface area (TPSA) is 18.5 Å². The summed E-state index contributed by atoms with van der Waals surface area (Å²) in [5.74, 6) is 0. The van der Waals surface area contributed by atoms with Crippen LogP contribution in [-0.2, 0) is 9.16 Å². The van der Waals surface area contributed by atoms with E-state index in [1.165, 1.54) is 0 Å². The second-order valence-electron chi connectivity index (χ2n) is 2.08. The molecule has 2 nitrogen and oxygen atoms in total. The molecule has 0 aliphatic heterocycles. The van der Waals surface area contributed by atoms with Gasteiger partial charge in [-0.1, -0.05) is 18.7 Å². The van der Waals surface area contributed by atoms with E-state index in [0.717, 1.165) is 19.6 Å². The van der Waals surface area contributed by atoms with Crippen LogP contribution in [0.4, 0.5) is 0 Å². The van der Waals surface area contributed by atoms with Crippen molar-refractivity contribution in [2.24, 2.45) is 0 Å². The lowest BCUT2D eigenvalue weighted by molar-refractivity contribution is 0.103. The molecule has 0 aromatic rings. The van der Waals surface area contributed by atoms with E-state index in [1.54, 1.807) is 0 Å². The lowest BCUT2D eigenvalue weighted by atomic mass is 10.5. The van der Waals surface area contributed by atoms with Gasteiger partial charge in [0.25, 0.3) is 9.76 Å². The van der Waals surface area contributed by atoms with Crippen LogP contribution in [0, 0.1) is 0 Å². The Morgan fingerprint density at radius 3 is 2.73 bits per heavy atom. The van der Waals surface area contributed by atoms with Crippen molar-refractivity contribution in [1.82, 2.24) is 0 Å². The Labute approximate surface area is 71.5 Å². The lowest BCUT2D eigenvalue weighted by Gasteiger charge is -2.00. The molecule has 0 spiro atoms. The van der Waals surface area contributed by atoms with Gasteiger partial charge in [0.05, 0.1) is 13.2 Å². The van der Waals surface area contributed by atoms with Crippen molar-refractivity contribution in [1.29, 1.82) is 0 Å². The first-order valence-corrected chi connectivity index (χ1v) is 4.96. The highest BCUT2D eigenvalue weighted by molar-refractivity contribution is 6.34. The molecule has 64 valence electrons. The van der Waals surface area contributed by atoms with E-state index in [4.69, 9.17) is 9.16 Å². The summed E-state index contributed by atoms with van der Waals surface area (Å²) < 4.78 is 10.5. The molecule has 0 heterocycles. The van der Waals surface area contributed by atoms with Crippen LogP contribution in [-0.4, -0.2) is 29.6 Å². The summed E-state index contributed by atoms with van der Waals surface area (Å²) in [5.41, 5.74) is 2.01. The quantitative estimate of drug-likeness (QED) is 0.429. The zero-order valence-corrected chi connectivity index (χ0v) is 8.30. The first-order valence-electron chi connectivity index (χ1n) is 3.98. The van der Waals surface area contributed by atoms with Crippen LogP contribution in [0.3, 0.4) is 0 Å². The maximum Gasteiger partial charge on any atom is 0.260 e. The van der Waals surface area contributed by atoms with Gasteiger partial charge in [-0.3, -0.25) is 0 Å². The zero-order valence-electron chi connectivity index (χ0n) is 7.30. The molecular formula is C8H16O2Si. The van der Waals surface area contributed by atoms with Crippen molar-refractivity contribution in [3.63, 3.8) is 0 Å². The van der Waals surface area contributed by atoms with Crippen molar-refractivity contribution in [3.8, 4) is 0 Å². The maximum absolute atomic E-state index is 5.24. The fraction of sp³-hybridized carbons (Fsp3) is 0.750. The largest absolute Gasteiger partial charge is 0.410 e. The van der Waals surface area contributed by atoms with Crippen molar-refractivity contribution in [2.45, 2.75) is 20.3 Å². The van der Waals surface area contributed by atoms with Gasteiger partial charge >= 0.3 is 0 Å². The second-order valence-corrected chi connectivity index (χ2v) is 2.94. The molecule has 11 heavy (non-hydrogen) atoms. The molecule has 0 unspecified atom stereocenters. The van der Waals surface area contributed by atoms with Gasteiger partial charge in [-0.2, -0.15) is 0 Å². The summed E-state index contributed by atoms with van der Waals surface area (Å²) in [6.45, 7) is 6.36. The van der Waals surface area contributed by atoms with Crippen LogP contribution < -0.4 is 0 Å². The third-order valence-electron chi connectivity index (χ3n) is 0.996. The second kappa shape index (κ2) is 9.88. The van der Waals surface area contributed by atoms with Crippen molar-refractivity contribution in [3.05, 3.63) is 11.8 Å². The van der Waals surface area contributed by atoms with E-state index in [-0.39, 0.29) is 0 Å². The molecule has 2 radical (unpaired) electrons. The van der Waals surface area contributed by atoms with E-state index < -0.39 is 0 Å². The van der Waals surface area contributed by atoms with Gasteiger partial charge in [0.1, 0.15) is 0 Å². The van der Waals surface area contributed by atoms with Crippen LogP contribution in [0.2, 0.25) is 0 Å². The first-order chi connectivity index (χ1) is 5.41. The fourth-order valence-corrected chi connectivity index (χ4v) is 0.956. The molecule has 0 amide bonds. The van der Waals surface area contributed by atoms with Crippen LogP contribution in [0.5, 0.6) is 0 Å². The Morgan fingerprint density at radius 1 is 1.27 bits per heavy atom. The highest BCUT2D eigenvalue weighted by Gasteiger charge is 1.86. The Kier molecular flexibility index (Phi) is 9.77. The molecule has 0 atom stereocenters. The third-order valence-corrected chi connectivity index (χ3v) is 1.84. The van der Waals surface area contributed by atoms with Crippen LogP contribution in [0.15, 0.2) is 11.8 Å². The third kappa shape index (κ3) is 9.88. The molecule has 0 aromatic heterocycles. The van der Waals surface area contributed by atoms with Gasteiger partial charge in [0.15, 0.2) is 0 Å². The van der Waals surface area contributed by atoms with E-state index in [0.29, 0.717) is 16.4 Å². The zero-order chi connectivity index (χ0) is 8.36. The van der Waals surface area contributed by atoms with Crippen molar-refractivity contribution < 1.29 is 9.16 Å². The summed E-state index contributed by atoms with van der Waals surface area (Å²) in [4.78, 5) is 0. The van der Waals surface area contributed by atoms with Gasteiger partial charge in [0, 0.05) is 6.61 Å². The number of allylic oxidation sites excluding steroid dienone is 1. The van der Waals surface area contributed by atoms with Crippen molar-refractivity contribution >= 4 is 9.76 Å². The van der Waals surface area contributed by atoms with E-state index >= 15 is 0 Å². The smallest absolute Gasteiger partial charge is 0.260 e. The number of rotatable bonds is 7. The van der Waals surface area contributed by atoms with Crippen LogP contribution >= 0.6 is 0 Å². The Bertz CT molecular complexity index is 94.1. The number of hydrogen-bond donors (Lipinski definition) is 0. The Hall–Kier alpha value is -0.123. The highest BCUT2D eigenvalue weighted by atomic mass is 28.2. The average molecular weight is 172 g/mol. The van der Waals surface area contributed by atoms with Crippen LogP contribution in [0.25, 0.3) is 0 Å². The molecule has 0 aliphatic rings. The Morgan fingerprint density at radius 2 is 2.09 bits per heavy atom. The van der Waals surface area contributed by atoms with E-state index in [1.807, 2.05) is 18.7 Å². The van der Waals surface area contributed by atoms with Gasteiger partial charge in [-0.05, 0) is 13.3 Å². The number of ether oxygens (including phenoxy) is 1. The van der Waals surface area contributed by atoms with Gasteiger partial charge in [-0.15, -0.1) is 0 Å². The molecule has 0 aromatic carbocycles. The predicted octanol–water partition coefficient (Wildman–Crippen LogP) is 1.58. The van der Waals surface area contributed by atoms with E-state index in [2.05, 4.69) is 6.92 Å². The molecule has 0 N–H and O–H groups in total. The summed E-state index contributed by atoms with van der Waals surface area (Å²) >= 11 is 0. The summed E-state index contributed by atoms with van der Waals surface area (Å²) in [7, 11) is 0.484. The minimum Gasteiger partial charge on any atom is -0.410 e. The molecule has 0 saturated carbocycles. The average Bonchev–Trinajstić information content (AvgIpc) is 2.03. The van der Waals surface area contributed by atoms with Crippen LogP contribution in [0.1, 0.15) is 20.3 Å². The van der Waals surface area contributed by atoms with Gasteiger partial charge < -0.3 is 9.16 Å². The van der Waals surface area contributed by atoms with Gasteiger partial charge in [-0.25, -0.2) is 0 Å². The molecule has 3 heteroatoms. The summed E-state index contributed by atoms with van der Waals surface area (Å²) in [6.07, 6.45) is 3.07. The van der Waals surface area contributed by atoms with Crippen molar-refractivity contribution in [2.75, 3.05) is 19.8 Å². The first kappa shape index (κ1) is 10.9. The van der Waals surface area contributed by atoms with Gasteiger partial charge in [0.2, 0.25) is 0 Å². The molecule has 0 rings (SSSR count).